The summed E-state index contributed by atoms with van der Waals surface area (Å²) < 4.78 is 39.9. The van der Waals surface area contributed by atoms with Gasteiger partial charge in [-0.25, -0.2) is 9.97 Å². The van der Waals surface area contributed by atoms with Crippen molar-refractivity contribution < 1.29 is 18.0 Å². The number of hydrogen-bond donors (Lipinski definition) is 1. The maximum absolute atomic E-state index is 12.8. The third-order valence-corrected chi connectivity index (χ3v) is 4.36. The summed E-state index contributed by atoms with van der Waals surface area (Å²) in [5, 5.41) is 7.03. The van der Waals surface area contributed by atoms with E-state index in [0.717, 1.165) is 12.1 Å². The van der Waals surface area contributed by atoms with Gasteiger partial charge >= 0.3 is 6.18 Å². The maximum Gasteiger partial charge on any atom is 0.416 e. The number of alkyl halides is 3. The molecule has 4 rings (SSSR count). The molecule has 6 nitrogen and oxygen atoms in total. The van der Waals surface area contributed by atoms with Crippen molar-refractivity contribution in [1.82, 2.24) is 19.7 Å². The molecule has 0 bridgehead atoms. The van der Waals surface area contributed by atoms with E-state index in [1.54, 1.807) is 37.4 Å². The lowest BCUT2D eigenvalue weighted by Crippen LogP contribution is -2.15. The van der Waals surface area contributed by atoms with Crippen molar-refractivity contribution >= 4 is 22.5 Å². The Morgan fingerprint density at radius 2 is 1.83 bits per heavy atom. The fourth-order valence-corrected chi connectivity index (χ4v) is 2.84. The van der Waals surface area contributed by atoms with E-state index in [-0.39, 0.29) is 5.91 Å². The number of amides is 1. The summed E-state index contributed by atoms with van der Waals surface area (Å²) in [6.07, 6.45) is -1.51. The van der Waals surface area contributed by atoms with E-state index in [1.165, 1.54) is 23.1 Å². The molecule has 9 heteroatoms. The molecule has 2 aromatic carbocycles. The minimum absolute atomic E-state index is 0.292. The molecule has 0 saturated carbocycles. The third kappa shape index (κ3) is 3.79. The van der Waals surface area contributed by atoms with Gasteiger partial charge in [0, 0.05) is 36.1 Å². The van der Waals surface area contributed by atoms with Gasteiger partial charge < -0.3 is 5.32 Å². The Bertz CT molecular complexity index is 1200. The monoisotopic (exact) mass is 397 g/mol. The molecule has 0 fully saturated rings. The van der Waals surface area contributed by atoms with E-state index in [9.17, 15) is 18.0 Å². The number of aromatic nitrogens is 4. The molecule has 0 atom stereocenters. The van der Waals surface area contributed by atoms with Crippen molar-refractivity contribution in [3.05, 3.63) is 72.2 Å². The van der Waals surface area contributed by atoms with Crippen LogP contribution in [-0.4, -0.2) is 25.7 Å². The number of nitrogens with zero attached hydrogens (tertiary/aromatic N) is 4. The Morgan fingerprint density at radius 1 is 1.07 bits per heavy atom. The predicted octanol–water partition coefficient (Wildman–Crippen LogP) is 4.30. The minimum atomic E-state index is -4.41. The molecule has 0 radical (unpaired) electrons. The standard InChI is InChI=1S/C20H14F3N5O/c1-28-17(8-9-25-28)19(29)26-15-5-2-12(3-6-15)18-24-11-13-10-14(20(21,22)23)4-7-16(13)27-18/h2-11H,1H3,(H,26,29). The number of halogens is 3. The van der Waals surface area contributed by atoms with Gasteiger partial charge in [-0.1, -0.05) is 0 Å². The number of benzene rings is 2. The highest BCUT2D eigenvalue weighted by Gasteiger charge is 2.30. The number of aryl methyl sites for hydroxylation is 1. The van der Waals surface area contributed by atoms with Crippen LogP contribution in [-0.2, 0) is 13.2 Å². The normalized spacial score (nSPS) is 11.6. The lowest BCUT2D eigenvalue weighted by Gasteiger charge is -2.09. The SMILES string of the molecule is Cn1nccc1C(=O)Nc1ccc(-c2ncc3cc(C(F)(F)F)ccc3n2)cc1. The average Bonchev–Trinajstić information content (AvgIpc) is 3.13. The number of anilines is 1. The first-order valence-corrected chi connectivity index (χ1v) is 8.55. The fourth-order valence-electron chi connectivity index (χ4n) is 2.84. The Balaban J connectivity index is 1.56. The van der Waals surface area contributed by atoms with Crippen LogP contribution in [0.5, 0.6) is 0 Å². The van der Waals surface area contributed by atoms with Gasteiger partial charge in [-0.15, -0.1) is 0 Å². The number of fused-ring (bicyclic) bond motifs is 1. The largest absolute Gasteiger partial charge is 0.416 e. The van der Waals surface area contributed by atoms with Gasteiger partial charge in [0.1, 0.15) is 5.69 Å². The number of rotatable bonds is 3. The number of carbonyl (C=O) groups excluding carboxylic acids is 1. The van der Waals surface area contributed by atoms with Crippen LogP contribution in [0.4, 0.5) is 18.9 Å². The fraction of sp³-hybridized carbons (Fsp3) is 0.100. The molecule has 0 spiro atoms. The molecule has 0 unspecified atom stereocenters. The molecule has 146 valence electrons. The Hall–Kier alpha value is -3.75. The molecule has 4 aromatic rings. The van der Waals surface area contributed by atoms with Crippen LogP contribution in [0.25, 0.3) is 22.3 Å². The summed E-state index contributed by atoms with van der Waals surface area (Å²) in [5.41, 5.74) is 1.34. The number of nitrogens with one attached hydrogen (secondary N) is 1. The maximum atomic E-state index is 12.8. The summed E-state index contributed by atoms with van der Waals surface area (Å²) in [7, 11) is 1.67. The average molecular weight is 397 g/mol. The van der Waals surface area contributed by atoms with Crippen molar-refractivity contribution in [2.45, 2.75) is 6.18 Å². The zero-order valence-electron chi connectivity index (χ0n) is 15.1. The van der Waals surface area contributed by atoms with E-state index in [2.05, 4.69) is 20.4 Å². The third-order valence-electron chi connectivity index (χ3n) is 4.36. The van der Waals surface area contributed by atoms with Crippen LogP contribution in [0.1, 0.15) is 16.1 Å². The quantitative estimate of drug-likeness (QED) is 0.559. The smallest absolute Gasteiger partial charge is 0.321 e. The predicted molar refractivity (Wildman–Crippen MR) is 101 cm³/mol. The molecule has 1 amide bonds. The topological polar surface area (TPSA) is 72.7 Å². The van der Waals surface area contributed by atoms with Crippen molar-refractivity contribution in [2.75, 3.05) is 5.32 Å². The molecule has 0 aliphatic heterocycles. The molecular weight excluding hydrogens is 383 g/mol. The lowest BCUT2D eigenvalue weighted by atomic mass is 10.1. The summed E-state index contributed by atoms with van der Waals surface area (Å²) in [5.74, 6) is 0.0851. The van der Waals surface area contributed by atoms with Crippen LogP contribution < -0.4 is 5.32 Å². The van der Waals surface area contributed by atoms with Gasteiger partial charge in [0.15, 0.2) is 5.82 Å². The van der Waals surface area contributed by atoms with E-state index < -0.39 is 11.7 Å². The first kappa shape index (κ1) is 18.6. The van der Waals surface area contributed by atoms with Crippen molar-refractivity contribution in [3.8, 4) is 11.4 Å². The molecule has 2 heterocycles. The second kappa shape index (κ2) is 7.01. The molecule has 0 aliphatic rings. The molecule has 2 aromatic heterocycles. The van der Waals surface area contributed by atoms with E-state index in [4.69, 9.17) is 0 Å². The van der Waals surface area contributed by atoms with E-state index in [0.29, 0.717) is 33.7 Å². The summed E-state index contributed by atoms with van der Waals surface area (Å²) in [4.78, 5) is 20.7. The molecule has 1 N–H and O–H groups in total. The summed E-state index contributed by atoms with van der Waals surface area (Å²) in [6, 6.07) is 11.8. The van der Waals surface area contributed by atoms with E-state index in [1.807, 2.05) is 0 Å². The molecular formula is C20H14F3N5O. The zero-order valence-corrected chi connectivity index (χ0v) is 15.1. The van der Waals surface area contributed by atoms with Gasteiger partial charge in [0.2, 0.25) is 0 Å². The van der Waals surface area contributed by atoms with Crippen molar-refractivity contribution in [1.29, 1.82) is 0 Å². The van der Waals surface area contributed by atoms with Crippen LogP contribution in [0.3, 0.4) is 0 Å². The summed E-state index contributed by atoms with van der Waals surface area (Å²) in [6.45, 7) is 0. The minimum Gasteiger partial charge on any atom is -0.321 e. The van der Waals surface area contributed by atoms with Crippen LogP contribution in [0.15, 0.2) is 60.9 Å². The van der Waals surface area contributed by atoms with Crippen molar-refractivity contribution in [2.24, 2.45) is 7.05 Å². The molecule has 0 aliphatic carbocycles. The van der Waals surface area contributed by atoms with Gasteiger partial charge in [-0.3, -0.25) is 9.48 Å². The highest BCUT2D eigenvalue weighted by Crippen LogP contribution is 2.31. The second-order valence-corrected chi connectivity index (χ2v) is 6.34. The highest BCUT2D eigenvalue weighted by molar-refractivity contribution is 6.03. The lowest BCUT2D eigenvalue weighted by molar-refractivity contribution is -0.137. The Morgan fingerprint density at radius 3 is 2.48 bits per heavy atom. The Kier molecular flexibility index (Phi) is 4.50. The van der Waals surface area contributed by atoms with Crippen molar-refractivity contribution in [3.63, 3.8) is 0 Å². The first-order valence-electron chi connectivity index (χ1n) is 8.55. The van der Waals surface area contributed by atoms with E-state index >= 15 is 0 Å². The van der Waals surface area contributed by atoms with Gasteiger partial charge in [0.25, 0.3) is 5.91 Å². The summed E-state index contributed by atoms with van der Waals surface area (Å²) >= 11 is 0. The highest BCUT2D eigenvalue weighted by atomic mass is 19.4. The van der Waals surface area contributed by atoms with Gasteiger partial charge in [0.05, 0.1) is 11.1 Å². The van der Waals surface area contributed by atoms with Crippen LogP contribution in [0, 0.1) is 0 Å². The zero-order chi connectivity index (χ0) is 20.6. The Labute approximate surface area is 163 Å². The first-order chi connectivity index (χ1) is 13.8. The van der Waals surface area contributed by atoms with Gasteiger partial charge in [-0.2, -0.15) is 18.3 Å². The molecule has 29 heavy (non-hydrogen) atoms. The second-order valence-electron chi connectivity index (χ2n) is 6.34. The van der Waals surface area contributed by atoms with Crippen LogP contribution >= 0.6 is 0 Å². The van der Waals surface area contributed by atoms with Gasteiger partial charge in [-0.05, 0) is 48.5 Å². The number of carbonyl (C=O) groups is 1. The molecule has 0 saturated heterocycles. The van der Waals surface area contributed by atoms with Crippen LogP contribution in [0.2, 0.25) is 0 Å². The number of hydrogen-bond acceptors (Lipinski definition) is 4.